The van der Waals surface area contributed by atoms with Crippen LogP contribution in [-0.2, 0) is 4.79 Å². The zero-order valence-electron chi connectivity index (χ0n) is 13.7. The molecule has 2 heteroatoms. The predicted octanol–water partition coefficient (Wildman–Crippen LogP) is 4.48. The predicted molar refractivity (Wildman–Crippen MR) is 93.9 cm³/mol. The molecule has 118 valence electrons. The van der Waals surface area contributed by atoms with Gasteiger partial charge in [-0.05, 0) is 47.4 Å². The first-order valence-corrected chi connectivity index (χ1v) is 8.61. The lowest BCUT2D eigenvalue weighted by Crippen LogP contribution is -2.37. The van der Waals surface area contributed by atoms with Crippen molar-refractivity contribution in [3.05, 3.63) is 60.2 Å². The van der Waals surface area contributed by atoms with Gasteiger partial charge in [-0.15, -0.1) is 0 Å². The molecule has 1 fully saturated rings. The van der Waals surface area contributed by atoms with E-state index in [1.54, 1.807) is 0 Å². The Morgan fingerprint density at radius 2 is 1.83 bits per heavy atom. The summed E-state index contributed by atoms with van der Waals surface area (Å²) in [6, 6.07) is 14.7. The fourth-order valence-electron chi connectivity index (χ4n) is 4.52. The van der Waals surface area contributed by atoms with Gasteiger partial charge in [0.15, 0.2) is 0 Å². The highest BCUT2D eigenvalue weighted by Gasteiger charge is 2.45. The summed E-state index contributed by atoms with van der Waals surface area (Å²) in [5.41, 5.74) is 1.20. The summed E-state index contributed by atoms with van der Waals surface area (Å²) in [6.07, 6.45) is 5.70. The summed E-state index contributed by atoms with van der Waals surface area (Å²) >= 11 is 0. The normalized spacial score (nSPS) is 29.8. The first-order chi connectivity index (χ1) is 11.1. The SMILES string of the molecule is C[C@@H](NC(=O)[C@H]1C2C=CC(C2)[C@@H]1C)c1cccc2ccccc12. The maximum atomic E-state index is 12.8. The molecule has 2 unspecified atom stereocenters. The van der Waals surface area contributed by atoms with Crippen LogP contribution in [0.5, 0.6) is 0 Å². The van der Waals surface area contributed by atoms with E-state index in [9.17, 15) is 4.79 Å². The molecule has 0 radical (unpaired) electrons. The smallest absolute Gasteiger partial charge is 0.224 e. The van der Waals surface area contributed by atoms with E-state index in [-0.39, 0.29) is 17.9 Å². The molecule has 2 aromatic carbocycles. The molecule has 23 heavy (non-hydrogen) atoms. The standard InChI is InChI=1S/C21H23NO/c1-13-16-10-11-17(12-16)20(13)21(23)22-14(2)18-9-5-7-15-6-3-4-8-19(15)18/h3-11,13-14,16-17,20H,12H2,1-2H3,(H,22,23)/t13-,14+,16?,17?,20+/m0/s1. The van der Waals surface area contributed by atoms with E-state index in [1.165, 1.54) is 16.3 Å². The van der Waals surface area contributed by atoms with Crippen molar-refractivity contribution in [3.8, 4) is 0 Å². The molecule has 2 bridgehead atoms. The lowest BCUT2D eigenvalue weighted by Gasteiger charge is -2.26. The van der Waals surface area contributed by atoms with Crippen LogP contribution in [0, 0.1) is 23.7 Å². The van der Waals surface area contributed by atoms with Crippen LogP contribution in [0.3, 0.4) is 0 Å². The monoisotopic (exact) mass is 305 g/mol. The number of benzene rings is 2. The number of carbonyl (C=O) groups is 1. The van der Waals surface area contributed by atoms with Crippen LogP contribution in [0.4, 0.5) is 0 Å². The van der Waals surface area contributed by atoms with E-state index < -0.39 is 0 Å². The highest BCUT2D eigenvalue weighted by atomic mass is 16.2. The van der Waals surface area contributed by atoms with Crippen molar-refractivity contribution in [2.24, 2.45) is 23.7 Å². The average Bonchev–Trinajstić information content (AvgIpc) is 3.15. The molecule has 0 aromatic heterocycles. The van der Waals surface area contributed by atoms with Gasteiger partial charge in [-0.1, -0.05) is 61.5 Å². The van der Waals surface area contributed by atoms with Gasteiger partial charge in [0, 0.05) is 5.92 Å². The maximum Gasteiger partial charge on any atom is 0.224 e. The Bertz CT molecular complexity index is 773. The van der Waals surface area contributed by atoms with Gasteiger partial charge in [0.05, 0.1) is 6.04 Å². The fraction of sp³-hybridized carbons (Fsp3) is 0.381. The van der Waals surface area contributed by atoms with E-state index in [1.807, 2.05) is 0 Å². The Kier molecular flexibility index (Phi) is 3.48. The molecule has 2 aliphatic carbocycles. The van der Waals surface area contributed by atoms with Crippen LogP contribution in [0.2, 0.25) is 0 Å². The Morgan fingerprint density at radius 1 is 1.09 bits per heavy atom. The molecular formula is C21H23NO. The van der Waals surface area contributed by atoms with E-state index in [0.717, 1.165) is 6.42 Å². The number of hydrogen-bond donors (Lipinski definition) is 1. The Morgan fingerprint density at radius 3 is 2.61 bits per heavy atom. The maximum absolute atomic E-state index is 12.8. The second-order valence-electron chi connectivity index (χ2n) is 7.13. The molecule has 1 amide bonds. The molecule has 5 atom stereocenters. The Labute approximate surface area is 137 Å². The van der Waals surface area contributed by atoms with Crippen molar-refractivity contribution in [1.29, 1.82) is 0 Å². The van der Waals surface area contributed by atoms with Crippen LogP contribution in [0.1, 0.15) is 31.9 Å². The molecule has 0 spiro atoms. The van der Waals surface area contributed by atoms with Gasteiger partial charge in [-0.25, -0.2) is 0 Å². The molecule has 2 nitrogen and oxygen atoms in total. The average molecular weight is 305 g/mol. The minimum atomic E-state index is 0.0314. The molecule has 2 aliphatic rings. The summed E-state index contributed by atoms with van der Waals surface area (Å²) in [7, 11) is 0. The van der Waals surface area contributed by atoms with Gasteiger partial charge in [0.25, 0.3) is 0 Å². The molecule has 0 aliphatic heterocycles. The third kappa shape index (κ3) is 2.37. The van der Waals surface area contributed by atoms with E-state index >= 15 is 0 Å². The van der Waals surface area contributed by atoms with E-state index in [0.29, 0.717) is 17.8 Å². The van der Waals surface area contributed by atoms with Crippen LogP contribution < -0.4 is 5.32 Å². The molecule has 0 saturated heterocycles. The zero-order valence-corrected chi connectivity index (χ0v) is 13.7. The number of allylic oxidation sites excluding steroid dienone is 2. The van der Waals surface area contributed by atoms with E-state index in [2.05, 4.69) is 73.8 Å². The van der Waals surface area contributed by atoms with Gasteiger partial charge in [0.2, 0.25) is 5.91 Å². The Balaban J connectivity index is 1.56. The van der Waals surface area contributed by atoms with Gasteiger partial charge < -0.3 is 5.32 Å². The molecule has 2 aromatic rings. The minimum Gasteiger partial charge on any atom is -0.349 e. The number of nitrogens with one attached hydrogen (secondary N) is 1. The van der Waals surface area contributed by atoms with Crippen LogP contribution >= 0.6 is 0 Å². The van der Waals surface area contributed by atoms with Crippen molar-refractivity contribution in [3.63, 3.8) is 0 Å². The lowest BCUT2D eigenvalue weighted by molar-refractivity contribution is -0.127. The summed E-state index contributed by atoms with van der Waals surface area (Å²) in [5.74, 6) is 1.86. The number of amides is 1. The highest BCUT2D eigenvalue weighted by molar-refractivity contribution is 5.87. The fourth-order valence-corrected chi connectivity index (χ4v) is 4.52. The summed E-state index contributed by atoms with van der Waals surface area (Å²) < 4.78 is 0. The molecule has 0 heterocycles. The van der Waals surface area contributed by atoms with Gasteiger partial charge >= 0.3 is 0 Å². The third-order valence-corrected chi connectivity index (χ3v) is 5.80. The largest absolute Gasteiger partial charge is 0.349 e. The third-order valence-electron chi connectivity index (χ3n) is 5.80. The first-order valence-electron chi connectivity index (χ1n) is 8.61. The lowest BCUT2D eigenvalue weighted by atomic mass is 9.83. The molecule has 1 N–H and O–H groups in total. The van der Waals surface area contributed by atoms with Gasteiger partial charge in [-0.2, -0.15) is 0 Å². The first kappa shape index (κ1) is 14.5. The quantitative estimate of drug-likeness (QED) is 0.833. The van der Waals surface area contributed by atoms with Crippen molar-refractivity contribution >= 4 is 16.7 Å². The minimum absolute atomic E-state index is 0.0314. The van der Waals surface area contributed by atoms with Crippen molar-refractivity contribution in [2.45, 2.75) is 26.3 Å². The topological polar surface area (TPSA) is 29.1 Å². The van der Waals surface area contributed by atoms with Crippen molar-refractivity contribution < 1.29 is 4.79 Å². The van der Waals surface area contributed by atoms with Gasteiger partial charge in [0.1, 0.15) is 0 Å². The summed E-state index contributed by atoms with van der Waals surface area (Å²) in [6.45, 7) is 4.31. The van der Waals surface area contributed by atoms with Crippen molar-refractivity contribution in [1.82, 2.24) is 5.32 Å². The molecule has 1 saturated carbocycles. The zero-order chi connectivity index (χ0) is 16.0. The number of fused-ring (bicyclic) bond motifs is 3. The number of carbonyl (C=O) groups excluding carboxylic acids is 1. The van der Waals surface area contributed by atoms with E-state index in [4.69, 9.17) is 0 Å². The van der Waals surface area contributed by atoms with Crippen LogP contribution in [-0.4, -0.2) is 5.91 Å². The Hall–Kier alpha value is -2.09. The molecular weight excluding hydrogens is 282 g/mol. The summed E-state index contributed by atoms with van der Waals surface area (Å²) in [5, 5.41) is 5.72. The van der Waals surface area contributed by atoms with Crippen LogP contribution in [0.15, 0.2) is 54.6 Å². The van der Waals surface area contributed by atoms with Gasteiger partial charge in [-0.3, -0.25) is 4.79 Å². The van der Waals surface area contributed by atoms with Crippen LogP contribution in [0.25, 0.3) is 10.8 Å². The highest BCUT2D eigenvalue weighted by Crippen LogP contribution is 2.47. The molecule has 4 rings (SSSR count). The number of rotatable bonds is 3. The number of hydrogen-bond acceptors (Lipinski definition) is 1. The van der Waals surface area contributed by atoms with Crippen molar-refractivity contribution in [2.75, 3.05) is 0 Å². The second kappa shape index (κ2) is 5.52. The summed E-state index contributed by atoms with van der Waals surface area (Å²) in [4.78, 5) is 12.8. The second-order valence-corrected chi connectivity index (χ2v) is 7.13.